The number of rotatable bonds is 7. The third-order valence-electron chi connectivity index (χ3n) is 4.39. The topological polar surface area (TPSA) is 66.0 Å². The first-order valence-electron chi connectivity index (χ1n) is 9.66. The Kier molecular flexibility index (Phi) is 8.25. The highest BCUT2D eigenvalue weighted by Crippen LogP contribution is 2.21. The van der Waals surface area contributed by atoms with Gasteiger partial charge in [-0.3, -0.25) is 4.79 Å². The molecule has 0 aromatic heterocycles. The Morgan fingerprint density at radius 1 is 1.19 bits per heavy atom. The maximum Gasteiger partial charge on any atom is 0.241 e. The van der Waals surface area contributed by atoms with Crippen LogP contribution in [0.4, 0.5) is 0 Å². The van der Waals surface area contributed by atoms with E-state index in [0.717, 1.165) is 43.8 Å². The molecule has 1 aliphatic rings. The Labute approximate surface area is 157 Å². The van der Waals surface area contributed by atoms with E-state index in [1.165, 1.54) is 12.0 Å². The van der Waals surface area contributed by atoms with Crippen LogP contribution in [0.25, 0.3) is 0 Å². The average molecular weight is 361 g/mol. The number of nitrogens with one attached hydrogen (secondary N) is 2. The molecular weight excluding hydrogens is 328 g/mol. The van der Waals surface area contributed by atoms with Crippen molar-refractivity contribution in [3.8, 4) is 5.75 Å². The second-order valence-electron chi connectivity index (χ2n) is 6.53. The summed E-state index contributed by atoms with van der Waals surface area (Å²) in [5, 5.41) is 6.36. The summed E-state index contributed by atoms with van der Waals surface area (Å²) >= 11 is 0. The van der Waals surface area contributed by atoms with Gasteiger partial charge in [0.25, 0.3) is 0 Å². The van der Waals surface area contributed by atoms with Crippen LogP contribution in [-0.4, -0.2) is 49.6 Å². The van der Waals surface area contributed by atoms with Gasteiger partial charge >= 0.3 is 0 Å². The third kappa shape index (κ3) is 6.24. The Balaban J connectivity index is 1.96. The highest BCUT2D eigenvalue weighted by atomic mass is 16.5. The van der Waals surface area contributed by atoms with Crippen molar-refractivity contribution in [2.24, 2.45) is 4.99 Å². The molecule has 0 aliphatic carbocycles. The number of amides is 1. The van der Waals surface area contributed by atoms with Gasteiger partial charge in [0.05, 0.1) is 19.7 Å². The molecule has 1 saturated heterocycles. The van der Waals surface area contributed by atoms with E-state index < -0.39 is 0 Å². The van der Waals surface area contributed by atoms with Gasteiger partial charge in [0, 0.05) is 25.2 Å². The number of aliphatic imine (C=N–C) groups is 1. The number of aryl methyl sites for hydroxylation is 1. The second kappa shape index (κ2) is 10.7. The minimum Gasteiger partial charge on any atom is -0.494 e. The van der Waals surface area contributed by atoms with Crippen molar-refractivity contribution < 1.29 is 9.53 Å². The van der Waals surface area contributed by atoms with Gasteiger partial charge in [-0.2, -0.15) is 0 Å². The van der Waals surface area contributed by atoms with Gasteiger partial charge < -0.3 is 20.3 Å². The first-order valence-corrected chi connectivity index (χ1v) is 9.66. The van der Waals surface area contributed by atoms with Crippen LogP contribution in [-0.2, 0) is 11.3 Å². The van der Waals surface area contributed by atoms with E-state index in [1.54, 1.807) is 0 Å². The Bertz CT molecular complexity index is 610. The van der Waals surface area contributed by atoms with Gasteiger partial charge in [0.2, 0.25) is 5.91 Å². The highest BCUT2D eigenvalue weighted by Gasteiger charge is 2.16. The molecule has 0 radical (unpaired) electrons. The molecule has 1 amide bonds. The standard InChI is InChI=1S/C20H32N4O2/c1-4-21-20(23-15-19(25)24-11-7-6-8-12-24)22-14-17-10-9-16(3)13-18(17)26-5-2/h9-10,13H,4-8,11-12,14-15H2,1-3H3,(H2,21,22,23). The predicted octanol–water partition coefficient (Wildman–Crippen LogP) is 2.46. The zero-order valence-corrected chi connectivity index (χ0v) is 16.3. The number of ether oxygens (including phenoxy) is 1. The van der Waals surface area contributed by atoms with Crippen LogP contribution in [0.3, 0.4) is 0 Å². The number of guanidine groups is 1. The van der Waals surface area contributed by atoms with Crippen LogP contribution >= 0.6 is 0 Å². The molecular formula is C20H32N4O2. The zero-order valence-electron chi connectivity index (χ0n) is 16.3. The van der Waals surface area contributed by atoms with E-state index in [0.29, 0.717) is 19.1 Å². The predicted molar refractivity (Wildman–Crippen MR) is 106 cm³/mol. The van der Waals surface area contributed by atoms with Crippen molar-refractivity contribution in [1.82, 2.24) is 15.5 Å². The number of carbonyl (C=O) groups is 1. The Hall–Kier alpha value is -2.24. The fourth-order valence-electron chi connectivity index (χ4n) is 3.00. The summed E-state index contributed by atoms with van der Waals surface area (Å²) in [6.07, 6.45) is 3.43. The van der Waals surface area contributed by atoms with E-state index in [1.807, 2.05) is 37.8 Å². The quantitative estimate of drug-likeness (QED) is 0.579. The molecule has 0 saturated carbocycles. The van der Waals surface area contributed by atoms with Gasteiger partial charge in [-0.25, -0.2) is 4.99 Å². The number of carbonyl (C=O) groups excluding carboxylic acids is 1. The summed E-state index contributed by atoms with van der Waals surface area (Å²) in [4.78, 5) is 18.9. The van der Waals surface area contributed by atoms with Gasteiger partial charge in [-0.1, -0.05) is 12.1 Å². The van der Waals surface area contributed by atoms with Crippen LogP contribution in [0.1, 0.15) is 44.2 Å². The fraction of sp³-hybridized carbons (Fsp3) is 0.600. The molecule has 1 aromatic rings. The van der Waals surface area contributed by atoms with Crippen molar-refractivity contribution >= 4 is 11.9 Å². The Morgan fingerprint density at radius 3 is 2.65 bits per heavy atom. The first kappa shape index (κ1) is 20.1. The van der Waals surface area contributed by atoms with Crippen molar-refractivity contribution in [2.45, 2.75) is 46.6 Å². The van der Waals surface area contributed by atoms with E-state index in [-0.39, 0.29) is 12.5 Å². The van der Waals surface area contributed by atoms with Gasteiger partial charge in [0.1, 0.15) is 5.75 Å². The average Bonchev–Trinajstić information content (AvgIpc) is 2.66. The fourth-order valence-corrected chi connectivity index (χ4v) is 3.00. The summed E-state index contributed by atoms with van der Waals surface area (Å²) in [7, 11) is 0. The number of likely N-dealkylation sites (tertiary alicyclic amines) is 1. The van der Waals surface area contributed by atoms with E-state index >= 15 is 0 Å². The molecule has 144 valence electrons. The molecule has 0 unspecified atom stereocenters. The summed E-state index contributed by atoms with van der Waals surface area (Å²) in [6, 6.07) is 6.15. The highest BCUT2D eigenvalue weighted by molar-refractivity contribution is 5.86. The molecule has 0 bridgehead atoms. The minimum absolute atomic E-state index is 0.139. The summed E-state index contributed by atoms with van der Waals surface area (Å²) in [6.45, 7) is 9.94. The summed E-state index contributed by atoms with van der Waals surface area (Å²) < 4.78 is 5.72. The third-order valence-corrected chi connectivity index (χ3v) is 4.39. The van der Waals surface area contributed by atoms with Crippen LogP contribution in [0.15, 0.2) is 23.2 Å². The van der Waals surface area contributed by atoms with Gasteiger partial charge in [-0.15, -0.1) is 0 Å². The largest absolute Gasteiger partial charge is 0.494 e. The lowest BCUT2D eigenvalue weighted by Crippen LogP contribution is -2.46. The number of benzene rings is 1. The molecule has 1 aromatic carbocycles. The number of nitrogens with zero attached hydrogens (tertiary/aromatic N) is 2. The number of piperidine rings is 1. The lowest BCUT2D eigenvalue weighted by Gasteiger charge is -2.27. The van der Waals surface area contributed by atoms with Gasteiger partial charge in [0.15, 0.2) is 5.96 Å². The van der Waals surface area contributed by atoms with Gasteiger partial charge in [-0.05, 0) is 51.7 Å². The summed E-state index contributed by atoms with van der Waals surface area (Å²) in [5.41, 5.74) is 2.20. The summed E-state index contributed by atoms with van der Waals surface area (Å²) in [5.74, 6) is 1.66. The van der Waals surface area contributed by atoms with Crippen LogP contribution in [0.2, 0.25) is 0 Å². The van der Waals surface area contributed by atoms with Crippen molar-refractivity contribution in [2.75, 3.05) is 32.8 Å². The van der Waals surface area contributed by atoms with Crippen LogP contribution in [0.5, 0.6) is 5.75 Å². The zero-order chi connectivity index (χ0) is 18.8. The number of hydrogen-bond donors (Lipinski definition) is 2. The van der Waals surface area contributed by atoms with Crippen LogP contribution < -0.4 is 15.4 Å². The molecule has 6 heteroatoms. The molecule has 1 fully saturated rings. The number of hydrogen-bond acceptors (Lipinski definition) is 3. The molecule has 1 heterocycles. The lowest BCUT2D eigenvalue weighted by atomic mass is 10.1. The van der Waals surface area contributed by atoms with E-state index in [4.69, 9.17) is 4.74 Å². The normalized spacial score (nSPS) is 14.9. The smallest absolute Gasteiger partial charge is 0.241 e. The lowest BCUT2D eigenvalue weighted by molar-refractivity contribution is -0.130. The van der Waals surface area contributed by atoms with E-state index in [9.17, 15) is 4.79 Å². The molecule has 26 heavy (non-hydrogen) atoms. The minimum atomic E-state index is 0.139. The molecule has 0 spiro atoms. The maximum atomic E-state index is 12.3. The Morgan fingerprint density at radius 2 is 1.96 bits per heavy atom. The first-order chi connectivity index (χ1) is 12.6. The van der Waals surface area contributed by atoms with Crippen molar-refractivity contribution in [3.05, 3.63) is 29.3 Å². The second-order valence-corrected chi connectivity index (χ2v) is 6.53. The van der Waals surface area contributed by atoms with Crippen molar-refractivity contribution in [3.63, 3.8) is 0 Å². The van der Waals surface area contributed by atoms with Crippen LogP contribution in [0, 0.1) is 6.92 Å². The molecule has 2 rings (SSSR count). The molecule has 0 atom stereocenters. The van der Waals surface area contributed by atoms with Crippen molar-refractivity contribution in [1.29, 1.82) is 0 Å². The molecule has 1 aliphatic heterocycles. The monoisotopic (exact) mass is 360 g/mol. The van der Waals surface area contributed by atoms with E-state index in [2.05, 4.69) is 21.7 Å². The molecule has 6 nitrogen and oxygen atoms in total. The SMILES string of the molecule is CCNC(=NCc1ccc(C)cc1OCC)NCC(=O)N1CCCCC1. The molecule has 2 N–H and O–H groups in total. The maximum absolute atomic E-state index is 12.3.